The fraction of sp³-hybridized carbons (Fsp3) is 0.923. The molecule has 0 aromatic rings. The number of aliphatic carboxylic acids is 1. The first-order valence-electron chi connectivity index (χ1n) is 19.7. The second-order valence-electron chi connectivity index (χ2n) is 13.6. The Labute approximate surface area is 278 Å². The van der Waals surface area contributed by atoms with Crippen LogP contribution in [-0.2, 0) is 14.4 Å². The fourth-order valence-corrected chi connectivity index (χ4v) is 6.29. The van der Waals surface area contributed by atoms with E-state index in [0.29, 0.717) is 12.8 Å². The molecule has 0 aliphatic rings. The van der Waals surface area contributed by atoms with Gasteiger partial charge < -0.3 is 10.2 Å². The predicted octanol–water partition coefficient (Wildman–Crippen LogP) is 11.3. The molecular formula is C39H75NO5. The summed E-state index contributed by atoms with van der Waals surface area (Å²) in [6.07, 6.45) is 37.2. The number of unbranched alkanes of at least 4 members (excludes halogenated alkanes) is 28. The first-order chi connectivity index (χ1) is 22.0. The van der Waals surface area contributed by atoms with Crippen LogP contribution in [0.25, 0.3) is 0 Å². The Morgan fingerprint density at radius 2 is 0.644 bits per heavy atom. The molecule has 0 rings (SSSR count). The summed E-state index contributed by atoms with van der Waals surface area (Å²) >= 11 is 0. The number of carboxylic acid groups (broad SMARTS) is 1. The van der Waals surface area contributed by atoms with Crippen molar-refractivity contribution in [3.63, 3.8) is 0 Å². The lowest BCUT2D eigenvalue weighted by atomic mass is 10.0. The summed E-state index contributed by atoms with van der Waals surface area (Å²) in [4.78, 5) is 38.4. The van der Waals surface area contributed by atoms with Gasteiger partial charge in [-0.05, 0) is 12.8 Å². The number of carboxylic acids is 1. The lowest BCUT2D eigenvalue weighted by Gasteiger charge is -2.26. The molecule has 0 spiro atoms. The molecule has 0 fully saturated rings. The van der Waals surface area contributed by atoms with Crippen LogP contribution in [0.3, 0.4) is 0 Å². The number of aliphatic hydroxyl groups is 1. The normalized spacial score (nSPS) is 12.0. The second-order valence-corrected chi connectivity index (χ2v) is 13.6. The molecule has 0 bridgehead atoms. The first kappa shape index (κ1) is 43.6. The van der Waals surface area contributed by atoms with Gasteiger partial charge in [-0.3, -0.25) is 14.5 Å². The predicted molar refractivity (Wildman–Crippen MR) is 189 cm³/mol. The van der Waals surface area contributed by atoms with Gasteiger partial charge in [0.15, 0.2) is 6.04 Å². The van der Waals surface area contributed by atoms with Gasteiger partial charge in [0.2, 0.25) is 11.8 Å². The Kier molecular flexibility index (Phi) is 32.8. The zero-order chi connectivity index (χ0) is 33.2. The van der Waals surface area contributed by atoms with Crippen molar-refractivity contribution in [3.05, 3.63) is 0 Å². The summed E-state index contributed by atoms with van der Waals surface area (Å²) in [5.41, 5.74) is 0. The van der Waals surface area contributed by atoms with Gasteiger partial charge >= 0.3 is 5.97 Å². The smallest absolute Gasteiger partial charge is 0.329 e. The third kappa shape index (κ3) is 27.4. The summed E-state index contributed by atoms with van der Waals surface area (Å²) in [5, 5.41) is 19.2. The van der Waals surface area contributed by atoms with E-state index in [4.69, 9.17) is 0 Å². The largest absolute Gasteiger partial charge is 0.480 e. The maximum absolute atomic E-state index is 12.9. The highest BCUT2D eigenvalue weighted by Crippen LogP contribution is 2.17. The molecule has 0 aromatic carbocycles. The standard InChI is InChI=1S/C39H75NO5/c1-3-5-7-9-11-13-15-17-19-21-23-25-27-29-31-33-37(42)40(36(35-41)39(44)45)38(43)34-32-30-28-26-24-22-20-18-16-14-12-10-8-6-4-2/h36,41H,3-35H2,1-2H3,(H,44,45)/t36-/m0/s1. The second kappa shape index (κ2) is 33.9. The van der Waals surface area contributed by atoms with E-state index in [9.17, 15) is 24.6 Å². The van der Waals surface area contributed by atoms with Crippen LogP contribution < -0.4 is 0 Å². The molecule has 0 radical (unpaired) electrons. The molecule has 45 heavy (non-hydrogen) atoms. The SMILES string of the molecule is CCCCCCCCCCCCCCCCCC(=O)N(C(=O)CCCCCCCCCCCCCCCCC)[C@@H](CO)C(=O)O. The van der Waals surface area contributed by atoms with Crippen LogP contribution in [0.5, 0.6) is 0 Å². The van der Waals surface area contributed by atoms with Crippen LogP contribution in [0.15, 0.2) is 0 Å². The summed E-state index contributed by atoms with van der Waals surface area (Å²) in [6.45, 7) is 3.77. The lowest BCUT2D eigenvalue weighted by Crippen LogP contribution is -2.50. The Morgan fingerprint density at radius 3 is 0.844 bits per heavy atom. The summed E-state index contributed by atoms with van der Waals surface area (Å²) in [7, 11) is 0. The van der Waals surface area contributed by atoms with Gasteiger partial charge in [-0.1, -0.05) is 194 Å². The Hall–Kier alpha value is -1.43. The van der Waals surface area contributed by atoms with E-state index in [1.54, 1.807) is 0 Å². The Morgan fingerprint density at radius 1 is 0.422 bits per heavy atom. The summed E-state index contributed by atoms with van der Waals surface area (Å²) < 4.78 is 0. The highest BCUT2D eigenvalue weighted by molar-refractivity contribution is 5.99. The molecule has 0 saturated heterocycles. The quantitative estimate of drug-likeness (QED) is 0.0674. The van der Waals surface area contributed by atoms with E-state index >= 15 is 0 Å². The van der Waals surface area contributed by atoms with Crippen molar-refractivity contribution >= 4 is 17.8 Å². The highest BCUT2D eigenvalue weighted by Gasteiger charge is 2.33. The minimum atomic E-state index is -1.49. The van der Waals surface area contributed by atoms with E-state index in [-0.39, 0.29) is 12.8 Å². The van der Waals surface area contributed by atoms with Gasteiger partial charge in [0.05, 0.1) is 6.61 Å². The van der Waals surface area contributed by atoms with E-state index < -0.39 is 30.4 Å². The third-order valence-electron chi connectivity index (χ3n) is 9.30. The van der Waals surface area contributed by atoms with Crippen molar-refractivity contribution in [2.24, 2.45) is 0 Å². The average Bonchev–Trinajstić information content (AvgIpc) is 3.03. The Bertz CT molecular complexity index is 636. The highest BCUT2D eigenvalue weighted by atomic mass is 16.4. The van der Waals surface area contributed by atoms with Crippen molar-refractivity contribution in [1.29, 1.82) is 0 Å². The molecule has 0 saturated carbocycles. The Balaban J connectivity index is 4.00. The molecule has 1 atom stereocenters. The number of carbonyl (C=O) groups excluding carboxylic acids is 2. The van der Waals surface area contributed by atoms with Gasteiger partial charge in [-0.25, -0.2) is 4.79 Å². The van der Waals surface area contributed by atoms with Crippen LogP contribution >= 0.6 is 0 Å². The molecule has 0 unspecified atom stereocenters. The number of imide groups is 1. The maximum Gasteiger partial charge on any atom is 0.329 e. The molecule has 0 aliphatic heterocycles. The number of rotatable bonds is 35. The van der Waals surface area contributed by atoms with E-state index in [2.05, 4.69) is 13.8 Å². The van der Waals surface area contributed by atoms with E-state index in [1.165, 1.54) is 141 Å². The van der Waals surface area contributed by atoms with Crippen LogP contribution in [0, 0.1) is 0 Å². The minimum Gasteiger partial charge on any atom is -0.480 e. The monoisotopic (exact) mass is 638 g/mol. The zero-order valence-electron chi connectivity index (χ0n) is 30.0. The van der Waals surface area contributed by atoms with Crippen molar-refractivity contribution in [3.8, 4) is 0 Å². The van der Waals surface area contributed by atoms with Crippen LogP contribution in [0.4, 0.5) is 0 Å². The fourth-order valence-electron chi connectivity index (χ4n) is 6.29. The number of hydrogen-bond acceptors (Lipinski definition) is 4. The lowest BCUT2D eigenvalue weighted by molar-refractivity contribution is -0.160. The van der Waals surface area contributed by atoms with Gasteiger partial charge in [0.25, 0.3) is 0 Å². The number of carbonyl (C=O) groups is 3. The van der Waals surface area contributed by atoms with E-state index in [1.807, 2.05) is 0 Å². The van der Waals surface area contributed by atoms with Gasteiger partial charge in [-0.15, -0.1) is 0 Å². The third-order valence-corrected chi connectivity index (χ3v) is 9.30. The van der Waals surface area contributed by atoms with Crippen molar-refractivity contribution in [2.45, 2.75) is 225 Å². The van der Waals surface area contributed by atoms with Gasteiger partial charge in [0.1, 0.15) is 0 Å². The first-order valence-corrected chi connectivity index (χ1v) is 19.7. The minimum absolute atomic E-state index is 0.159. The van der Waals surface area contributed by atoms with Crippen LogP contribution in [0.2, 0.25) is 0 Å². The van der Waals surface area contributed by atoms with Crippen LogP contribution in [-0.4, -0.2) is 45.5 Å². The summed E-state index contributed by atoms with van der Waals surface area (Å²) in [5.74, 6) is -2.25. The molecule has 0 aliphatic carbocycles. The molecule has 0 heterocycles. The molecular weight excluding hydrogens is 562 g/mol. The molecule has 266 valence electrons. The zero-order valence-corrected chi connectivity index (χ0v) is 30.0. The maximum atomic E-state index is 12.9. The summed E-state index contributed by atoms with van der Waals surface area (Å²) in [6, 6.07) is -1.49. The van der Waals surface area contributed by atoms with E-state index in [0.717, 1.165) is 43.4 Å². The number of nitrogens with zero attached hydrogens (tertiary/aromatic N) is 1. The molecule has 2 amide bonds. The van der Waals surface area contributed by atoms with Crippen molar-refractivity contribution in [2.75, 3.05) is 6.61 Å². The van der Waals surface area contributed by atoms with Crippen molar-refractivity contribution < 1.29 is 24.6 Å². The van der Waals surface area contributed by atoms with Crippen molar-refractivity contribution in [1.82, 2.24) is 4.90 Å². The van der Waals surface area contributed by atoms with Crippen LogP contribution in [0.1, 0.15) is 219 Å². The molecule has 6 nitrogen and oxygen atoms in total. The molecule has 6 heteroatoms. The number of amides is 2. The number of hydrogen-bond donors (Lipinski definition) is 2. The molecule has 0 aromatic heterocycles. The molecule has 2 N–H and O–H groups in total. The average molecular weight is 638 g/mol. The van der Waals surface area contributed by atoms with Gasteiger partial charge in [-0.2, -0.15) is 0 Å². The number of aliphatic hydroxyl groups excluding tert-OH is 1. The topological polar surface area (TPSA) is 94.9 Å². The van der Waals surface area contributed by atoms with Gasteiger partial charge in [0, 0.05) is 12.8 Å².